The summed E-state index contributed by atoms with van der Waals surface area (Å²) in [5, 5.41) is 7.32. The van der Waals surface area contributed by atoms with E-state index in [1.165, 1.54) is 11.8 Å². The molecule has 0 saturated heterocycles. The van der Waals surface area contributed by atoms with Gasteiger partial charge in [-0.1, -0.05) is 0 Å². The molecule has 1 amide bonds. The number of halogens is 1. The zero-order chi connectivity index (χ0) is 13.8. The van der Waals surface area contributed by atoms with Crippen molar-refractivity contribution in [2.45, 2.75) is 11.3 Å². The third kappa shape index (κ3) is 4.28. The maximum absolute atomic E-state index is 13.0. The molecule has 0 aliphatic carbocycles. The van der Waals surface area contributed by atoms with Crippen molar-refractivity contribution in [3.05, 3.63) is 24.0 Å². The second kappa shape index (κ2) is 6.17. The second-order valence-corrected chi connectivity index (χ2v) is 5.99. The number of anilines is 1. The summed E-state index contributed by atoms with van der Waals surface area (Å²) in [5.74, 6) is -0.450. The summed E-state index contributed by atoms with van der Waals surface area (Å²) in [5.41, 5.74) is -0.136. The van der Waals surface area contributed by atoms with E-state index in [9.17, 15) is 17.6 Å². The first-order chi connectivity index (χ1) is 8.34. The van der Waals surface area contributed by atoms with E-state index in [2.05, 4.69) is 5.32 Å². The van der Waals surface area contributed by atoms with Crippen LogP contribution in [0.25, 0.3) is 0 Å². The number of hydrogen-bond acceptors (Lipinski definition) is 4. The average molecular weight is 292 g/mol. The van der Waals surface area contributed by atoms with Crippen LogP contribution in [0.3, 0.4) is 0 Å². The van der Waals surface area contributed by atoms with Crippen LogP contribution < -0.4 is 10.5 Å². The quantitative estimate of drug-likeness (QED) is 0.852. The Morgan fingerprint density at radius 3 is 2.72 bits per heavy atom. The topological polar surface area (TPSA) is 89.3 Å². The van der Waals surface area contributed by atoms with Crippen molar-refractivity contribution in [1.82, 2.24) is 0 Å². The highest BCUT2D eigenvalue weighted by molar-refractivity contribution is 7.98. The van der Waals surface area contributed by atoms with Gasteiger partial charge in [-0.2, -0.15) is 11.8 Å². The van der Waals surface area contributed by atoms with E-state index in [0.717, 1.165) is 18.2 Å². The third-order valence-electron chi connectivity index (χ3n) is 2.06. The number of nitrogens with two attached hydrogens (primary N) is 1. The van der Waals surface area contributed by atoms with Crippen molar-refractivity contribution in [2.75, 3.05) is 17.3 Å². The molecule has 0 unspecified atom stereocenters. The van der Waals surface area contributed by atoms with E-state index in [1.54, 1.807) is 0 Å². The maximum atomic E-state index is 13.0. The van der Waals surface area contributed by atoms with Crippen molar-refractivity contribution in [1.29, 1.82) is 0 Å². The monoisotopic (exact) mass is 292 g/mol. The van der Waals surface area contributed by atoms with Gasteiger partial charge >= 0.3 is 0 Å². The molecule has 100 valence electrons. The lowest BCUT2D eigenvalue weighted by Crippen LogP contribution is -2.18. The fourth-order valence-electron chi connectivity index (χ4n) is 1.26. The second-order valence-electron chi connectivity index (χ2n) is 3.48. The number of amides is 1. The van der Waals surface area contributed by atoms with Crippen LogP contribution in [-0.4, -0.2) is 26.3 Å². The molecule has 1 rings (SSSR count). The lowest BCUT2D eigenvalue weighted by Gasteiger charge is -2.09. The highest BCUT2D eigenvalue weighted by atomic mass is 32.2. The van der Waals surface area contributed by atoms with Gasteiger partial charge in [0.25, 0.3) is 0 Å². The van der Waals surface area contributed by atoms with Gasteiger partial charge in [-0.05, 0) is 24.5 Å². The molecule has 0 fully saturated rings. The number of benzene rings is 1. The molecule has 0 radical (unpaired) electrons. The van der Waals surface area contributed by atoms with Crippen molar-refractivity contribution in [3.63, 3.8) is 0 Å². The fourth-order valence-corrected chi connectivity index (χ4v) is 2.32. The van der Waals surface area contributed by atoms with E-state index in [4.69, 9.17) is 5.14 Å². The van der Waals surface area contributed by atoms with Crippen LogP contribution in [0, 0.1) is 5.82 Å². The Labute approximate surface area is 109 Å². The standard InChI is InChI=1S/C10H13FN2O3S2/c1-17-5-4-10(14)13-8-6-7(11)2-3-9(8)18(12,15)16/h2-3,6H,4-5H2,1H3,(H,13,14)(H2,12,15,16). The number of primary sulfonamides is 1. The molecular formula is C10H13FN2O3S2. The Balaban J connectivity index is 3.00. The van der Waals surface area contributed by atoms with Crippen molar-refractivity contribution >= 4 is 33.4 Å². The lowest BCUT2D eigenvalue weighted by molar-refractivity contribution is -0.115. The molecule has 0 heterocycles. The Kier molecular flexibility index (Phi) is 5.12. The van der Waals surface area contributed by atoms with Crippen LogP contribution in [0.4, 0.5) is 10.1 Å². The lowest BCUT2D eigenvalue weighted by atomic mass is 10.3. The number of sulfonamides is 1. The summed E-state index contributed by atoms with van der Waals surface area (Å²) >= 11 is 1.48. The highest BCUT2D eigenvalue weighted by Crippen LogP contribution is 2.21. The van der Waals surface area contributed by atoms with Crippen molar-refractivity contribution in [3.8, 4) is 0 Å². The summed E-state index contributed by atoms with van der Waals surface area (Å²) in [6.07, 6.45) is 2.05. The van der Waals surface area contributed by atoms with Crippen LogP contribution in [0.1, 0.15) is 6.42 Å². The number of thioether (sulfide) groups is 1. The zero-order valence-corrected chi connectivity index (χ0v) is 11.3. The molecule has 0 atom stereocenters. The molecule has 8 heteroatoms. The maximum Gasteiger partial charge on any atom is 0.240 e. The zero-order valence-electron chi connectivity index (χ0n) is 9.64. The summed E-state index contributed by atoms with van der Waals surface area (Å²) < 4.78 is 35.6. The van der Waals surface area contributed by atoms with Gasteiger partial charge < -0.3 is 5.32 Å². The molecule has 0 aliphatic heterocycles. The van der Waals surface area contributed by atoms with Crippen LogP contribution >= 0.6 is 11.8 Å². The normalized spacial score (nSPS) is 11.3. The van der Waals surface area contributed by atoms with Gasteiger partial charge in [0.2, 0.25) is 15.9 Å². The SMILES string of the molecule is CSCCC(=O)Nc1cc(F)ccc1S(N)(=O)=O. The Bertz CT molecular complexity index is 546. The van der Waals surface area contributed by atoms with Gasteiger partial charge in [-0.3, -0.25) is 4.79 Å². The number of carbonyl (C=O) groups is 1. The first kappa shape index (κ1) is 14.9. The summed E-state index contributed by atoms with van der Waals surface area (Å²) in [4.78, 5) is 11.2. The van der Waals surface area contributed by atoms with Gasteiger partial charge in [0.05, 0.1) is 5.69 Å². The number of nitrogens with one attached hydrogen (secondary N) is 1. The van der Waals surface area contributed by atoms with E-state index >= 15 is 0 Å². The molecule has 0 aromatic heterocycles. The van der Waals surface area contributed by atoms with E-state index in [1.807, 2.05) is 6.26 Å². The largest absolute Gasteiger partial charge is 0.325 e. The molecule has 1 aromatic rings. The van der Waals surface area contributed by atoms with E-state index in [-0.39, 0.29) is 22.9 Å². The Hall–Kier alpha value is -1.12. The summed E-state index contributed by atoms with van der Waals surface area (Å²) in [6.45, 7) is 0. The predicted octanol–water partition coefficient (Wildman–Crippen LogP) is 1.16. The van der Waals surface area contributed by atoms with Crippen molar-refractivity contribution in [2.24, 2.45) is 5.14 Å². The Morgan fingerprint density at radius 2 is 2.17 bits per heavy atom. The summed E-state index contributed by atoms with van der Waals surface area (Å²) in [6, 6.07) is 2.92. The minimum absolute atomic E-state index is 0.136. The first-order valence-electron chi connectivity index (χ1n) is 4.95. The molecular weight excluding hydrogens is 279 g/mol. The molecule has 18 heavy (non-hydrogen) atoms. The molecule has 0 bridgehead atoms. The van der Waals surface area contributed by atoms with Gasteiger partial charge in [-0.25, -0.2) is 17.9 Å². The van der Waals surface area contributed by atoms with Crippen LogP contribution in [0.2, 0.25) is 0 Å². The number of hydrogen-bond donors (Lipinski definition) is 2. The molecule has 3 N–H and O–H groups in total. The Morgan fingerprint density at radius 1 is 1.50 bits per heavy atom. The molecule has 0 aliphatic rings. The average Bonchev–Trinajstić information content (AvgIpc) is 2.24. The molecule has 1 aromatic carbocycles. The van der Waals surface area contributed by atoms with E-state index < -0.39 is 15.8 Å². The number of carbonyl (C=O) groups excluding carboxylic acids is 1. The van der Waals surface area contributed by atoms with Gasteiger partial charge in [0.15, 0.2) is 0 Å². The summed E-state index contributed by atoms with van der Waals surface area (Å²) in [7, 11) is -4.00. The molecule has 0 spiro atoms. The molecule has 0 saturated carbocycles. The minimum Gasteiger partial charge on any atom is -0.325 e. The van der Waals surface area contributed by atoms with Crippen LogP contribution in [0.5, 0.6) is 0 Å². The molecule has 5 nitrogen and oxygen atoms in total. The van der Waals surface area contributed by atoms with Gasteiger partial charge in [0.1, 0.15) is 10.7 Å². The number of rotatable bonds is 5. The van der Waals surface area contributed by atoms with Crippen molar-refractivity contribution < 1.29 is 17.6 Å². The highest BCUT2D eigenvalue weighted by Gasteiger charge is 2.16. The third-order valence-corrected chi connectivity index (χ3v) is 3.64. The van der Waals surface area contributed by atoms with Gasteiger partial charge in [0, 0.05) is 12.2 Å². The van der Waals surface area contributed by atoms with Gasteiger partial charge in [-0.15, -0.1) is 0 Å². The fraction of sp³-hybridized carbons (Fsp3) is 0.300. The smallest absolute Gasteiger partial charge is 0.240 e. The van der Waals surface area contributed by atoms with E-state index in [0.29, 0.717) is 5.75 Å². The first-order valence-corrected chi connectivity index (χ1v) is 7.89. The predicted molar refractivity (Wildman–Crippen MR) is 69.4 cm³/mol. The van der Waals surface area contributed by atoms with Crippen LogP contribution in [0.15, 0.2) is 23.1 Å². The van der Waals surface area contributed by atoms with Crippen LogP contribution in [-0.2, 0) is 14.8 Å². The minimum atomic E-state index is -4.00.